The summed E-state index contributed by atoms with van der Waals surface area (Å²) in [5.74, 6) is -1.71. The molecule has 37 heavy (non-hydrogen) atoms. The number of carbonyl (C=O) groups excluding carboxylic acids is 1. The highest BCUT2D eigenvalue weighted by Gasteiger charge is 2.47. The van der Waals surface area contributed by atoms with Gasteiger partial charge in [0, 0.05) is 17.7 Å². The zero-order chi connectivity index (χ0) is 26.8. The Balaban J connectivity index is 1.80. The smallest absolute Gasteiger partial charge is 0.344 e. The van der Waals surface area contributed by atoms with Crippen molar-refractivity contribution in [2.24, 2.45) is 0 Å². The van der Waals surface area contributed by atoms with Gasteiger partial charge >= 0.3 is 17.2 Å². The summed E-state index contributed by atoms with van der Waals surface area (Å²) in [6.45, 7) is 2.57. The fraction of sp³-hybridized carbons (Fsp3) is 0.375. The van der Waals surface area contributed by atoms with Crippen LogP contribution in [0.4, 0.5) is 0 Å². The minimum Gasteiger partial charge on any atom is -0.502 e. The molecule has 3 N–H and O–H groups in total. The van der Waals surface area contributed by atoms with Gasteiger partial charge < -0.3 is 47.8 Å². The molecule has 0 bridgehead atoms. The Kier molecular flexibility index (Phi) is 5.85. The molecule has 1 fully saturated rings. The van der Waals surface area contributed by atoms with E-state index in [4.69, 9.17) is 32.5 Å². The molecule has 4 aromatic rings. The van der Waals surface area contributed by atoms with Crippen LogP contribution in [0.25, 0.3) is 32.7 Å². The van der Waals surface area contributed by atoms with E-state index in [1.807, 2.05) is 0 Å². The number of phenolic OH excluding ortho intramolecular Hbond substituents is 1. The summed E-state index contributed by atoms with van der Waals surface area (Å²) in [6, 6.07) is 2.52. The van der Waals surface area contributed by atoms with Crippen molar-refractivity contribution in [1.29, 1.82) is 0 Å². The molecule has 2 aromatic heterocycles. The monoisotopic (exact) mass is 518 g/mol. The summed E-state index contributed by atoms with van der Waals surface area (Å²) in [5, 5.41) is 31.4. The summed E-state index contributed by atoms with van der Waals surface area (Å²) >= 11 is 0. The highest BCUT2D eigenvalue weighted by Crippen LogP contribution is 2.46. The van der Waals surface area contributed by atoms with Gasteiger partial charge in [-0.15, -0.1) is 0 Å². The second kappa shape index (κ2) is 8.80. The molecule has 5 rings (SSSR count). The molecule has 0 aliphatic carbocycles. The van der Waals surface area contributed by atoms with E-state index in [1.54, 1.807) is 0 Å². The molecule has 0 amide bonds. The number of phenols is 1. The lowest BCUT2D eigenvalue weighted by Crippen LogP contribution is -2.59. The number of aliphatic hydroxyl groups excluding tert-OH is 2. The summed E-state index contributed by atoms with van der Waals surface area (Å²) in [7, 11) is 2.53. The maximum absolute atomic E-state index is 13.0. The van der Waals surface area contributed by atoms with E-state index in [0.29, 0.717) is 0 Å². The van der Waals surface area contributed by atoms with Gasteiger partial charge in [-0.05, 0) is 19.1 Å². The lowest BCUT2D eigenvalue weighted by molar-refractivity contribution is -0.273. The average Bonchev–Trinajstić information content (AvgIpc) is 2.86. The number of aromatic hydroxyl groups is 1. The molecule has 0 radical (unpaired) electrons. The molecule has 5 unspecified atom stereocenters. The van der Waals surface area contributed by atoms with Crippen LogP contribution < -0.4 is 25.5 Å². The molecule has 13 heteroatoms. The first kappa shape index (κ1) is 24.6. The highest BCUT2D eigenvalue weighted by atomic mass is 16.7. The van der Waals surface area contributed by atoms with E-state index in [2.05, 4.69) is 0 Å². The third kappa shape index (κ3) is 3.70. The maximum Gasteiger partial charge on any atom is 0.344 e. The van der Waals surface area contributed by atoms with Gasteiger partial charge in [0.1, 0.15) is 12.2 Å². The molecule has 13 nitrogen and oxygen atoms in total. The van der Waals surface area contributed by atoms with Crippen LogP contribution in [0.2, 0.25) is 0 Å². The number of ether oxygens (including phenoxy) is 5. The zero-order valence-corrected chi connectivity index (χ0v) is 20.0. The topological polar surface area (TPSA) is 184 Å². The summed E-state index contributed by atoms with van der Waals surface area (Å²) < 4.78 is 38.1. The standard InChI is InChI=1S/C24H22O13/c1-7-15(26)17(28)21(34-8(2)25)24(33-7)37-18-12(32-4)6-10-14-13-9(23(30)36-20(14)18)5-11(31-3)16(27)19(13)35-22(10)29/h5-7,15,17,21,24,26-28H,1-4H3. The number of methoxy groups -OCH3 is 2. The molecule has 1 saturated heterocycles. The fourth-order valence-electron chi connectivity index (χ4n) is 4.50. The van der Waals surface area contributed by atoms with E-state index in [0.717, 1.165) is 6.92 Å². The Bertz CT molecular complexity index is 1630. The summed E-state index contributed by atoms with van der Waals surface area (Å²) in [5.41, 5.74) is -2.32. The van der Waals surface area contributed by atoms with Crippen LogP contribution >= 0.6 is 0 Å². The largest absolute Gasteiger partial charge is 0.502 e. The van der Waals surface area contributed by atoms with E-state index in [1.165, 1.54) is 33.3 Å². The van der Waals surface area contributed by atoms with Crippen molar-refractivity contribution in [1.82, 2.24) is 0 Å². The van der Waals surface area contributed by atoms with Crippen LogP contribution in [-0.4, -0.2) is 66.2 Å². The fourth-order valence-corrected chi connectivity index (χ4v) is 4.50. The molecule has 3 heterocycles. The Hall–Kier alpha value is -4.07. The van der Waals surface area contributed by atoms with E-state index >= 15 is 0 Å². The molecular formula is C24H22O13. The van der Waals surface area contributed by atoms with Crippen molar-refractivity contribution < 1.29 is 52.6 Å². The SMILES string of the molecule is COc1cc2c(=O)oc3c(OC4OC(C)C(O)C(O)C4OC(C)=O)c(OC)cc4c(=O)oc(c1O)c2c34. The van der Waals surface area contributed by atoms with Crippen molar-refractivity contribution in [2.45, 2.75) is 44.6 Å². The van der Waals surface area contributed by atoms with Crippen LogP contribution in [0.1, 0.15) is 13.8 Å². The predicted octanol–water partition coefficient (Wildman–Crippen LogP) is 0.990. The Morgan fingerprint density at radius 2 is 1.49 bits per heavy atom. The van der Waals surface area contributed by atoms with Gasteiger partial charge in [-0.3, -0.25) is 4.79 Å². The van der Waals surface area contributed by atoms with E-state index in [-0.39, 0.29) is 50.0 Å². The van der Waals surface area contributed by atoms with Gasteiger partial charge in [-0.1, -0.05) is 0 Å². The van der Waals surface area contributed by atoms with Crippen LogP contribution in [-0.2, 0) is 14.3 Å². The summed E-state index contributed by atoms with van der Waals surface area (Å²) in [4.78, 5) is 37.6. The van der Waals surface area contributed by atoms with E-state index < -0.39 is 53.7 Å². The minimum atomic E-state index is -1.58. The number of benzene rings is 2. The third-order valence-electron chi connectivity index (χ3n) is 6.26. The zero-order valence-electron chi connectivity index (χ0n) is 20.0. The van der Waals surface area contributed by atoms with Crippen molar-refractivity contribution in [2.75, 3.05) is 14.2 Å². The first-order valence-electron chi connectivity index (χ1n) is 11.1. The van der Waals surface area contributed by atoms with Crippen molar-refractivity contribution in [3.8, 4) is 23.0 Å². The molecule has 0 spiro atoms. The second-order valence-electron chi connectivity index (χ2n) is 8.50. The number of esters is 1. The van der Waals surface area contributed by atoms with Crippen molar-refractivity contribution in [3.63, 3.8) is 0 Å². The quantitative estimate of drug-likeness (QED) is 0.193. The number of rotatable bonds is 5. The van der Waals surface area contributed by atoms with Crippen molar-refractivity contribution >= 4 is 38.7 Å². The van der Waals surface area contributed by atoms with Crippen LogP contribution in [0.3, 0.4) is 0 Å². The highest BCUT2D eigenvalue weighted by molar-refractivity contribution is 6.22. The molecule has 5 atom stereocenters. The molecule has 196 valence electrons. The summed E-state index contributed by atoms with van der Waals surface area (Å²) in [6.07, 6.45) is -6.88. The van der Waals surface area contributed by atoms with E-state index in [9.17, 15) is 29.7 Å². The number of hydrogen-bond acceptors (Lipinski definition) is 13. The lowest BCUT2D eigenvalue weighted by Gasteiger charge is -2.40. The van der Waals surface area contributed by atoms with Gasteiger partial charge in [0.05, 0.1) is 31.1 Å². The molecule has 1 aliphatic heterocycles. The molecule has 0 saturated carbocycles. The molecular weight excluding hydrogens is 496 g/mol. The molecule has 2 aromatic carbocycles. The van der Waals surface area contributed by atoms with Gasteiger partial charge in [0.15, 0.2) is 28.8 Å². The van der Waals surface area contributed by atoms with Gasteiger partial charge in [0.25, 0.3) is 0 Å². The Morgan fingerprint density at radius 3 is 2.08 bits per heavy atom. The second-order valence-corrected chi connectivity index (χ2v) is 8.50. The maximum atomic E-state index is 13.0. The van der Waals surface area contributed by atoms with Gasteiger partial charge in [-0.2, -0.15) is 0 Å². The minimum absolute atomic E-state index is 0.0408. The van der Waals surface area contributed by atoms with Crippen LogP contribution in [0.5, 0.6) is 23.0 Å². The van der Waals surface area contributed by atoms with Crippen molar-refractivity contribution in [3.05, 3.63) is 33.0 Å². The normalized spacial score (nSPS) is 24.0. The Labute approximate surface area is 206 Å². The first-order valence-corrected chi connectivity index (χ1v) is 11.1. The van der Waals surface area contributed by atoms with Gasteiger partial charge in [0.2, 0.25) is 17.8 Å². The first-order chi connectivity index (χ1) is 17.6. The number of carbonyl (C=O) groups is 1. The average molecular weight is 518 g/mol. The number of hydrogen-bond donors (Lipinski definition) is 3. The van der Waals surface area contributed by atoms with Crippen LogP contribution in [0, 0.1) is 0 Å². The Morgan fingerprint density at radius 1 is 0.919 bits per heavy atom. The molecule has 1 aliphatic rings. The van der Waals surface area contributed by atoms with Gasteiger partial charge in [-0.25, -0.2) is 9.59 Å². The predicted molar refractivity (Wildman–Crippen MR) is 125 cm³/mol. The third-order valence-corrected chi connectivity index (χ3v) is 6.26. The number of aliphatic hydroxyl groups is 2. The van der Waals surface area contributed by atoms with Crippen LogP contribution in [0.15, 0.2) is 30.6 Å². The lowest BCUT2D eigenvalue weighted by atomic mass is 9.99.